The highest BCUT2D eigenvalue weighted by Crippen LogP contribution is 2.35. The maximum atomic E-state index is 13.9. The smallest absolute Gasteiger partial charge is 0.434 e. The molecule has 0 radical (unpaired) electrons. The average Bonchev–Trinajstić information content (AvgIpc) is 3.12. The van der Waals surface area contributed by atoms with E-state index < -0.39 is 35.0 Å². The summed E-state index contributed by atoms with van der Waals surface area (Å²) in [4.78, 5) is 27.9. The van der Waals surface area contributed by atoms with Gasteiger partial charge in [0.2, 0.25) is 0 Å². The van der Waals surface area contributed by atoms with E-state index in [1.165, 1.54) is 15.9 Å². The van der Waals surface area contributed by atoms with Gasteiger partial charge in [0, 0.05) is 26.2 Å². The van der Waals surface area contributed by atoms with Gasteiger partial charge in [-0.2, -0.15) is 18.3 Å². The van der Waals surface area contributed by atoms with E-state index in [2.05, 4.69) is 5.10 Å². The molecule has 0 bridgehead atoms. The highest BCUT2D eigenvalue weighted by atomic mass is 19.4. The van der Waals surface area contributed by atoms with Crippen LogP contribution >= 0.6 is 0 Å². The van der Waals surface area contributed by atoms with Gasteiger partial charge >= 0.3 is 12.3 Å². The number of piperazine rings is 1. The largest absolute Gasteiger partial charge is 0.444 e. The van der Waals surface area contributed by atoms with Gasteiger partial charge in [-0.05, 0) is 39.3 Å². The molecule has 10 heteroatoms. The normalized spacial score (nSPS) is 15.2. The van der Waals surface area contributed by atoms with E-state index in [1.54, 1.807) is 45.9 Å². The molecule has 2 heterocycles. The maximum absolute atomic E-state index is 13.9. The van der Waals surface area contributed by atoms with Crippen LogP contribution < -0.4 is 0 Å². The predicted octanol–water partition coefficient (Wildman–Crippen LogP) is 3.89. The zero-order valence-electron chi connectivity index (χ0n) is 17.9. The molecule has 1 aromatic heterocycles. The average molecular weight is 438 g/mol. The zero-order valence-corrected chi connectivity index (χ0v) is 17.9. The molecular weight excluding hydrogens is 413 g/mol. The van der Waals surface area contributed by atoms with Gasteiger partial charge in [0.1, 0.15) is 5.60 Å². The van der Waals surface area contributed by atoms with Gasteiger partial charge in [-0.15, -0.1) is 0 Å². The van der Waals surface area contributed by atoms with Gasteiger partial charge in [0.25, 0.3) is 5.91 Å². The second kappa shape index (κ2) is 8.24. The Morgan fingerprint density at radius 3 is 2.13 bits per heavy atom. The lowest BCUT2D eigenvalue weighted by molar-refractivity contribution is -0.143. The van der Waals surface area contributed by atoms with Crippen molar-refractivity contribution >= 4 is 12.0 Å². The van der Waals surface area contributed by atoms with Gasteiger partial charge < -0.3 is 14.5 Å². The second-order valence-corrected chi connectivity index (χ2v) is 8.36. The van der Waals surface area contributed by atoms with Crippen molar-refractivity contribution in [2.45, 2.75) is 39.5 Å². The van der Waals surface area contributed by atoms with Crippen LogP contribution in [0, 0.1) is 6.92 Å². The molecule has 31 heavy (non-hydrogen) atoms. The van der Waals surface area contributed by atoms with E-state index in [-0.39, 0.29) is 31.9 Å². The Hall–Kier alpha value is -3.04. The molecule has 1 fully saturated rings. The van der Waals surface area contributed by atoms with Gasteiger partial charge in [-0.3, -0.25) is 4.79 Å². The lowest BCUT2D eigenvalue weighted by atomic mass is 10.1. The molecule has 1 aliphatic heterocycles. The lowest BCUT2D eigenvalue weighted by Crippen LogP contribution is -2.51. The molecule has 0 atom stereocenters. The third kappa shape index (κ3) is 5.00. The minimum absolute atomic E-state index is 0.102. The first-order valence-corrected chi connectivity index (χ1v) is 9.87. The number of carbonyl (C=O) groups is 2. The number of nitrogens with zero attached hydrogens (tertiary/aromatic N) is 4. The number of benzene rings is 1. The topological polar surface area (TPSA) is 67.7 Å². The second-order valence-electron chi connectivity index (χ2n) is 8.36. The van der Waals surface area contributed by atoms with Gasteiger partial charge in [0.15, 0.2) is 5.69 Å². The summed E-state index contributed by atoms with van der Waals surface area (Å²) in [7, 11) is 0. The van der Waals surface area contributed by atoms with Crippen molar-refractivity contribution in [1.29, 1.82) is 0 Å². The van der Waals surface area contributed by atoms with E-state index in [4.69, 9.17) is 4.74 Å². The van der Waals surface area contributed by atoms with Crippen molar-refractivity contribution in [1.82, 2.24) is 19.6 Å². The van der Waals surface area contributed by atoms with E-state index >= 15 is 0 Å². The van der Waals surface area contributed by atoms with Crippen LogP contribution in [0.5, 0.6) is 0 Å². The minimum atomic E-state index is -4.78. The van der Waals surface area contributed by atoms with Crippen LogP contribution in [0.2, 0.25) is 0 Å². The molecule has 7 nitrogen and oxygen atoms in total. The summed E-state index contributed by atoms with van der Waals surface area (Å²) in [6.45, 7) is 7.46. The monoisotopic (exact) mass is 438 g/mol. The van der Waals surface area contributed by atoms with Crippen LogP contribution in [-0.4, -0.2) is 63.4 Å². The van der Waals surface area contributed by atoms with Gasteiger partial charge in [0.05, 0.1) is 17.4 Å². The summed E-state index contributed by atoms with van der Waals surface area (Å²) in [5.41, 5.74) is -1.43. The van der Waals surface area contributed by atoms with E-state index in [0.717, 1.165) is 10.9 Å². The Morgan fingerprint density at radius 1 is 1.00 bits per heavy atom. The third-order valence-corrected chi connectivity index (χ3v) is 4.83. The number of rotatable bonds is 2. The molecule has 0 spiro atoms. The predicted molar refractivity (Wildman–Crippen MR) is 107 cm³/mol. The fraction of sp³-hybridized carbons (Fsp3) is 0.476. The first-order chi connectivity index (χ1) is 14.4. The van der Waals surface area contributed by atoms with Crippen molar-refractivity contribution in [3.63, 3.8) is 0 Å². The third-order valence-electron chi connectivity index (χ3n) is 4.83. The molecule has 1 saturated heterocycles. The van der Waals surface area contributed by atoms with Crippen molar-refractivity contribution in [2.75, 3.05) is 26.2 Å². The summed E-state index contributed by atoms with van der Waals surface area (Å²) in [5.74, 6) is -0.768. The minimum Gasteiger partial charge on any atom is -0.444 e. The van der Waals surface area contributed by atoms with Crippen molar-refractivity contribution < 1.29 is 27.5 Å². The molecule has 0 aliphatic carbocycles. The van der Waals surface area contributed by atoms with Gasteiger partial charge in [-0.25, -0.2) is 9.48 Å². The van der Waals surface area contributed by atoms with Gasteiger partial charge in [-0.1, -0.05) is 18.2 Å². The number of amides is 2. The SMILES string of the molecule is Cc1ccccc1-n1ncc(C(=O)N2CCN(C(=O)OC(C)(C)C)CC2)c1C(F)(F)F. The van der Waals surface area contributed by atoms with E-state index in [1.807, 2.05) is 0 Å². The van der Waals surface area contributed by atoms with Crippen molar-refractivity contribution in [2.24, 2.45) is 0 Å². The number of halogens is 3. The lowest BCUT2D eigenvalue weighted by Gasteiger charge is -2.35. The molecule has 3 rings (SSSR count). The molecule has 1 aromatic carbocycles. The Labute approximate surface area is 178 Å². The quantitative estimate of drug-likeness (QED) is 0.714. The number of hydrogen-bond acceptors (Lipinski definition) is 4. The Balaban J connectivity index is 1.82. The molecule has 168 valence electrons. The van der Waals surface area contributed by atoms with Crippen molar-refractivity contribution in [3.8, 4) is 5.69 Å². The summed E-state index contributed by atoms with van der Waals surface area (Å²) >= 11 is 0. The van der Waals surface area contributed by atoms with E-state index in [0.29, 0.717) is 5.56 Å². The summed E-state index contributed by atoms with van der Waals surface area (Å²) in [5, 5.41) is 3.88. The number of aromatic nitrogens is 2. The molecule has 2 aromatic rings. The Bertz CT molecular complexity index is 971. The summed E-state index contributed by atoms with van der Waals surface area (Å²) < 4.78 is 47.8. The summed E-state index contributed by atoms with van der Waals surface area (Å²) in [6.07, 6.45) is -4.33. The Morgan fingerprint density at radius 2 is 1.58 bits per heavy atom. The van der Waals surface area contributed by atoms with Crippen molar-refractivity contribution in [3.05, 3.63) is 47.3 Å². The van der Waals surface area contributed by atoms with E-state index in [9.17, 15) is 22.8 Å². The highest BCUT2D eigenvalue weighted by molar-refractivity contribution is 5.95. The Kier molecular flexibility index (Phi) is 6.02. The standard InChI is InChI=1S/C21H25F3N4O3/c1-14-7-5-6-8-16(14)28-17(21(22,23)24)15(13-25-28)18(29)26-9-11-27(12-10-26)19(30)31-20(2,3)4/h5-8,13H,9-12H2,1-4H3. The van der Waals surface area contributed by atoms with Crippen LogP contribution in [0.15, 0.2) is 30.5 Å². The first kappa shape index (κ1) is 22.6. The summed E-state index contributed by atoms with van der Waals surface area (Å²) in [6, 6.07) is 6.52. The highest BCUT2D eigenvalue weighted by Gasteiger charge is 2.42. The molecule has 0 saturated carbocycles. The van der Waals surface area contributed by atoms with Crippen LogP contribution in [-0.2, 0) is 10.9 Å². The van der Waals surface area contributed by atoms with Crippen LogP contribution in [0.25, 0.3) is 5.69 Å². The number of carbonyl (C=O) groups excluding carboxylic acids is 2. The molecule has 0 unspecified atom stereocenters. The first-order valence-electron chi connectivity index (χ1n) is 9.87. The number of para-hydroxylation sites is 1. The fourth-order valence-corrected chi connectivity index (χ4v) is 3.35. The molecule has 0 N–H and O–H groups in total. The number of ether oxygens (including phenoxy) is 1. The fourth-order valence-electron chi connectivity index (χ4n) is 3.35. The maximum Gasteiger partial charge on any atom is 0.434 e. The van der Waals surface area contributed by atoms with Crippen LogP contribution in [0.4, 0.5) is 18.0 Å². The van der Waals surface area contributed by atoms with Crippen LogP contribution in [0.3, 0.4) is 0 Å². The van der Waals surface area contributed by atoms with Crippen LogP contribution in [0.1, 0.15) is 42.4 Å². The number of aryl methyl sites for hydroxylation is 1. The molecule has 1 aliphatic rings. The zero-order chi connectivity index (χ0) is 23.0. The molecular formula is C21H25F3N4O3. The number of hydrogen-bond donors (Lipinski definition) is 0. The number of alkyl halides is 3. The molecule has 2 amide bonds.